The molecule has 6 heterocycles. The van der Waals surface area contributed by atoms with Gasteiger partial charge in [-0.05, 0) is 170 Å². The lowest BCUT2D eigenvalue weighted by molar-refractivity contribution is 0.0341. The lowest BCUT2D eigenvalue weighted by atomic mass is 9.92. The number of nitrogens with zero attached hydrogens (tertiary/aromatic N) is 6. The summed E-state index contributed by atoms with van der Waals surface area (Å²) in [5.74, 6) is 1.14. The molecule has 3 aliphatic rings. The van der Waals surface area contributed by atoms with Crippen LogP contribution in [0.1, 0.15) is 129 Å². The van der Waals surface area contributed by atoms with E-state index in [0.717, 1.165) is 173 Å². The molecule has 9 aromatic rings. The molecule has 3 fully saturated rings. The molecule has 0 atom stereocenters. The Morgan fingerprint density at radius 2 is 0.677 bits per heavy atom. The van der Waals surface area contributed by atoms with Crippen LogP contribution in [0.15, 0.2) is 123 Å². The number of aromatic hydroxyl groups is 2. The molecule has 0 bridgehead atoms. The maximum absolute atomic E-state index is 12.8. The molecule has 5 N–H and O–H groups in total. The third kappa shape index (κ3) is 17.6. The molecule has 3 aliphatic heterocycles. The summed E-state index contributed by atoms with van der Waals surface area (Å²) >= 11 is 0. The zero-order chi connectivity index (χ0) is 70.1. The average molecular weight is 1350 g/mol. The summed E-state index contributed by atoms with van der Waals surface area (Å²) in [7, 11) is 0. The molecule has 3 saturated heterocycles. The van der Waals surface area contributed by atoms with Gasteiger partial charge in [0, 0.05) is 89.7 Å². The van der Waals surface area contributed by atoms with Crippen LogP contribution in [0.25, 0.3) is 67.4 Å². The number of ether oxygens (including phenoxy) is 3. The van der Waals surface area contributed by atoms with Crippen LogP contribution in [0.3, 0.4) is 0 Å². The summed E-state index contributed by atoms with van der Waals surface area (Å²) in [6, 6.07) is 36.4. The van der Waals surface area contributed by atoms with Gasteiger partial charge in [-0.1, -0.05) is 115 Å². The van der Waals surface area contributed by atoms with Crippen LogP contribution in [0, 0.1) is 27.7 Å². The van der Waals surface area contributed by atoms with Gasteiger partial charge in [0.25, 0.3) is 17.7 Å². The summed E-state index contributed by atoms with van der Waals surface area (Å²) in [4.78, 5) is 45.5. The van der Waals surface area contributed by atoms with Crippen molar-refractivity contribution in [2.45, 2.75) is 108 Å². The lowest BCUT2D eigenvalue weighted by Gasteiger charge is -2.26. The van der Waals surface area contributed by atoms with Gasteiger partial charge in [-0.2, -0.15) is 0 Å². The molecule has 0 spiro atoms. The van der Waals surface area contributed by atoms with Gasteiger partial charge in [0.1, 0.15) is 11.5 Å². The molecule has 0 saturated carbocycles. The van der Waals surface area contributed by atoms with E-state index in [-0.39, 0.29) is 40.6 Å². The number of hydrogen-bond acceptors (Lipinski definition) is 17. The molecule has 3 amide bonds. The molecule has 0 unspecified atom stereocenters. The maximum Gasteiger partial charge on any atom is 0.274 e. The van der Waals surface area contributed by atoms with Gasteiger partial charge in [0.2, 0.25) is 0 Å². The summed E-state index contributed by atoms with van der Waals surface area (Å²) in [6.45, 7) is 34.3. The highest BCUT2D eigenvalue weighted by Gasteiger charge is 2.30. The number of hydrogen-bond donors (Lipinski definition) is 5. The van der Waals surface area contributed by atoms with E-state index >= 15 is 0 Å². The fourth-order valence-corrected chi connectivity index (χ4v) is 12.9. The molecule has 0 radical (unpaired) electrons. The van der Waals surface area contributed by atoms with Crippen LogP contribution in [0.5, 0.6) is 11.5 Å². The van der Waals surface area contributed by atoms with Crippen LogP contribution < -0.4 is 16.0 Å². The fraction of sp³-hybridized carbons (Fsp3) is 0.392. The largest absolute Gasteiger partial charge is 0.508 e. The Kier molecular flexibility index (Phi) is 25.2. The molecule has 99 heavy (non-hydrogen) atoms. The van der Waals surface area contributed by atoms with E-state index < -0.39 is 0 Å². The van der Waals surface area contributed by atoms with E-state index in [1.165, 1.54) is 27.8 Å². The van der Waals surface area contributed by atoms with Crippen molar-refractivity contribution < 1.29 is 52.4 Å². The molecule has 3 aromatic heterocycles. The summed E-state index contributed by atoms with van der Waals surface area (Å²) in [5.41, 5.74) is 18.8. The second-order valence-electron chi connectivity index (χ2n) is 25.3. The molecule has 6 aromatic carbocycles. The normalized spacial score (nSPS) is 14.4. The van der Waals surface area contributed by atoms with E-state index in [9.17, 15) is 24.6 Å². The molecule has 20 heteroatoms. The van der Waals surface area contributed by atoms with Gasteiger partial charge in [-0.25, -0.2) is 0 Å². The topological polar surface area (TPSA) is 243 Å². The van der Waals surface area contributed by atoms with Crippen LogP contribution >= 0.6 is 0 Å². The van der Waals surface area contributed by atoms with E-state index in [4.69, 9.17) is 27.8 Å². The van der Waals surface area contributed by atoms with E-state index in [0.29, 0.717) is 65.7 Å². The lowest BCUT2D eigenvalue weighted by Crippen LogP contribution is -2.35. The van der Waals surface area contributed by atoms with Crippen LogP contribution in [-0.4, -0.2) is 157 Å². The molecule has 20 nitrogen and oxygen atoms in total. The van der Waals surface area contributed by atoms with Gasteiger partial charge < -0.3 is 53.9 Å². The number of phenols is 2. The Bertz CT molecular complexity index is 3770. The Balaban J connectivity index is 0.000000161. The third-order valence-electron chi connectivity index (χ3n) is 18.4. The van der Waals surface area contributed by atoms with Crippen molar-refractivity contribution in [3.63, 3.8) is 0 Å². The van der Waals surface area contributed by atoms with Crippen LogP contribution in [0.2, 0.25) is 0 Å². The van der Waals surface area contributed by atoms with Gasteiger partial charge in [-0.3, -0.25) is 29.1 Å². The average Bonchev–Trinajstić information content (AvgIpc) is 1.69. The second-order valence-corrected chi connectivity index (χ2v) is 25.3. The first-order chi connectivity index (χ1) is 48.0. The van der Waals surface area contributed by atoms with Crippen molar-refractivity contribution in [3.8, 4) is 78.9 Å². The van der Waals surface area contributed by atoms with Crippen molar-refractivity contribution in [2.24, 2.45) is 0 Å². The van der Waals surface area contributed by atoms with Crippen molar-refractivity contribution in [3.05, 3.63) is 182 Å². The molecule has 0 aliphatic carbocycles. The number of phenolic OH excluding ortho intramolecular Hbond substituents is 2. The minimum Gasteiger partial charge on any atom is -0.508 e. The van der Waals surface area contributed by atoms with E-state index in [2.05, 4.69) is 134 Å². The number of aryl methyl sites for hydroxylation is 7. The van der Waals surface area contributed by atoms with Crippen molar-refractivity contribution >= 4 is 17.7 Å². The maximum atomic E-state index is 12.8. The highest BCUT2D eigenvalue weighted by molar-refractivity contribution is 6.04. The zero-order valence-corrected chi connectivity index (χ0v) is 59.0. The predicted octanol–water partition coefficient (Wildman–Crippen LogP) is 13.1. The quantitative estimate of drug-likeness (QED) is 0.0449. The smallest absolute Gasteiger partial charge is 0.274 e. The Hall–Kier alpha value is -9.28. The number of carbonyl (C=O) groups is 3. The number of rotatable bonds is 21. The Morgan fingerprint density at radius 1 is 0.384 bits per heavy atom. The standard InChI is InChI=1S/C27H33N3O3.2C26H31N3O4/c1-5-21-16-23(19(4)15-18(21)3)26-24(25(29-33-26)27(31)28-6-2)22-9-7-20(8-10-22)17-30-11-13-32-14-12-30;1-4-19-15-21(17(3)14-22(19)30)25-23(24(28-33-25)26(31)27-5-2)20-8-6-18(7-9-20)16-29-10-12-32-13-11-29;1-4-19-15-21(22(30)14-17(19)3)25-23(24(28-33-25)26(31)27-5-2)20-8-6-18(7-9-20)16-29-10-12-32-13-11-29/h7-10,15-16H,5-6,11-14,17H2,1-4H3,(H,28,31);2*6-9,14-15,30H,4-5,10-13,16H2,1-3H3,(H,27,31). The number of carbonyl (C=O) groups excluding carboxylic acids is 3. The highest BCUT2D eigenvalue weighted by atomic mass is 16.5. The number of amides is 3. The minimum absolute atomic E-state index is 0.105. The highest BCUT2D eigenvalue weighted by Crippen LogP contribution is 2.43. The Morgan fingerprint density at radius 3 is 1.01 bits per heavy atom. The Labute approximate surface area is 581 Å². The fourth-order valence-electron chi connectivity index (χ4n) is 12.9. The molecular formula is C79H95N9O11. The third-order valence-corrected chi connectivity index (χ3v) is 18.4. The minimum atomic E-state index is -0.304. The monoisotopic (exact) mass is 1350 g/mol. The van der Waals surface area contributed by atoms with Crippen LogP contribution in [-0.2, 0) is 53.1 Å². The number of benzene rings is 6. The van der Waals surface area contributed by atoms with Crippen LogP contribution in [0.4, 0.5) is 0 Å². The number of morpholine rings is 3. The SMILES string of the molecule is CCNC(=O)c1noc(-c2cc(CC)c(C)cc2C)c1-c1ccc(CN2CCOCC2)cc1.CCNC(=O)c1noc(-c2cc(CC)c(C)cc2O)c1-c1ccc(CN2CCOCC2)cc1.CCNC(=O)c1noc(-c2cc(CC)c(O)cc2C)c1-c1ccc(CN2CCOCC2)cc1. The number of nitrogens with one attached hydrogen (secondary N) is 3. The molecule has 12 rings (SSSR count). The summed E-state index contributed by atoms with van der Waals surface area (Å²) in [6.07, 6.45) is 2.44. The first-order valence-corrected chi connectivity index (χ1v) is 34.8. The van der Waals surface area contributed by atoms with Gasteiger partial charge >= 0.3 is 0 Å². The van der Waals surface area contributed by atoms with E-state index in [1.807, 2.05) is 77.9 Å². The van der Waals surface area contributed by atoms with Gasteiger partial charge in [0.05, 0.1) is 61.9 Å². The first-order valence-electron chi connectivity index (χ1n) is 34.8. The number of aromatic nitrogens is 3. The van der Waals surface area contributed by atoms with Gasteiger partial charge in [-0.15, -0.1) is 0 Å². The van der Waals surface area contributed by atoms with Gasteiger partial charge in [0.15, 0.2) is 34.4 Å². The zero-order valence-electron chi connectivity index (χ0n) is 59.0. The molecular weight excluding hydrogens is 1250 g/mol. The van der Waals surface area contributed by atoms with Crippen molar-refractivity contribution in [1.29, 1.82) is 0 Å². The summed E-state index contributed by atoms with van der Waals surface area (Å²) < 4.78 is 33.6. The molecule has 522 valence electrons. The first kappa shape index (κ1) is 72.5. The second kappa shape index (κ2) is 34.5. The summed E-state index contributed by atoms with van der Waals surface area (Å²) in [5, 5.41) is 41.9. The van der Waals surface area contributed by atoms with Crippen molar-refractivity contribution in [1.82, 2.24) is 46.1 Å². The van der Waals surface area contributed by atoms with E-state index in [1.54, 1.807) is 12.1 Å². The van der Waals surface area contributed by atoms with Crippen molar-refractivity contribution in [2.75, 3.05) is 98.5 Å². The predicted molar refractivity (Wildman–Crippen MR) is 385 cm³/mol.